The van der Waals surface area contributed by atoms with Crippen molar-refractivity contribution in [3.05, 3.63) is 18.2 Å². The van der Waals surface area contributed by atoms with Crippen molar-refractivity contribution in [3.63, 3.8) is 0 Å². The Labute approximate surface area is 159 Å². The van der Waals surface area contributed by atoms with Gasteiger partial charge in [0.15, 0.2) is 0 Å². The summed E-state index contributed by atoms with van der Waals surface area (Å²) in [6.07, 6.45) is 19.0. The van der Waals surface area contributed by atoms with Gasteiger partial charge in [0.05, 0.1) is 13.1 Å². The Balaban J connectivity index is 0.00000529. The van der Waals surface area contributed by atoms with Gasteiger partial charge in [-0.1, -0.05) is 44.9 Å². The average molecular weight is 403 g/mol. The van der Waals surface area contributed by atoms with Crippen LogP contribution in [-0.2, 0) is 13.1 Å². The smallest absolute Gasteiger partial charge is 0.253 e. The van der Waals surface area contributed by atoms with E-state index >= 15 is 0 Å². The Morgan fingerprint density at radius 1 is 0.792 bits per heavy atom. The van der Waals surface area contributed by atoms with Crippen molar-refractivity contribution in [2.24, 2.45) is 11.5 Å². The number of hydrogen-bond acceptors (Lipinski definition) is 2. The topological polar surface area (TPSA) is 60.8 Å². The lowest BCUT2D eigenvalue weighted by Crippen LogP contribution is -3.00. The molecule has 5 heteroatoms. The Hall–Kier alpha value is -0.390. The number of halogens is 1. The molecule has 1 aromatic heterocycles. The number of aryl methyl sites for hydroxylation is 2. The first kappa shape index (κ1) is 23.6. The molecule has 1 heterocycles. The zero-order valence-electron chi connectivity index (χ0n) is 15.7. The molecule has 0 amide bonds. The van der Waals surface area contributed by atoms with Crippen LogP contribution >= 0.6 is 0 Å². The monoisotopic (exact) mass is 402 g/mol. The standard InChI is InChI=1S/C19H39N4.BrH/c1-19-22(17-18-23(19)16-12-14-21)15-11-9-7-5-3-2-4-6-8-10-13-20;/h17-18H,2-16,20-21H2,1H3;1H/q+1;/p-1. The SMILES string of the molecule is Cc1n(CCCN)cc[n+]1CCCCCCCCCCCCN.[Br-]. The molecule has 0 aliphatic carbocycles. The van der Waals surface area contributed by atoms with Crippen LogP contribution in [0, 0.1) is 6.92 Å². The molecule has 1 aromatic rings. The molecular formula is C19H39BrN4. The van der Waals surface area contributed by atoms with Gasteiger partial charge in [0.2, 0.25) is 0 Å². The summed E-state index contributed by atoms with van der Waals surface area (Å²) in [6.45, 7) is 6.03. The summed E-state index contributed by atoms with van der Waals surface area (Å²) in [5, 5.41) is 0. The van der Waals surface area contributed by atoms with Gasteiger partial charge < -0.3 is 28.4 Å². The largest absolute Gasteiger partial charge is 1.00 e. The molecule has 4 N–H and O–H groups in total. The van der Waals surface area contributed by atoms with Crippen LogP contribution in [-0.4, -0.2) is 17.7 Å². The Bertz CT molecular complexity index is 393. The molecule has 0 saturated heterocycles. The second-order valence-corrected chi connectivity index (χ2v) is 6.70. The minimum atomic E-state index is 0. The molecule has 0 atom stereocenters. The lowest BCUT2D eigenvalue weighted by molar-refractivity contribution is -0.702. The van der Waals surface area contributed by atoms with Crippen LogP contribution in [0.5, 0.6) is 0 Å². The van der Waals surface area contributed by atoms with Gasteiger partial charge in [0, 0.05) is 6.92 Å². The third-order valence-electron chi connectivity index (χ3n) is 4.71. The molecule has 0 bridgehead atoms. The highest BCUT2D eigenvalue weighted by Gasteiger charge is 2.10. The summed E-state index contributed by atoms with van der Waals surface area (Å²) < 4.78 is 4.70. The number of hydrogen-bond donors (Lipinski definition) is 2. The average Bonchev–Trinajstić information content (AvgIpc) is 2.91. The van der Waals surface area contributed by atoms with Crippen LogP contribution in [0.4, 0.5) is 0 Å². The summed E-state index contributed by atoms with van der Waals surface area (Å²) >= 11 is 0. The fraction of sp³-hybridized carbons (Fsp3) is 0.842. The molecule has 0 spiro atoms. The van der Waals surface area contributed by atoms with Gasteiger partial charge in [-0.25, -0.2) is 9.13 Å². The second-order valence-electron chi connectivity index (χ2n) is 6.70. The number of aromatic nitrogens is 2. The van der Waals surface area contributed by atoms with E-state index in [4.69, 9.17) is 11.5 Å². The maximum atomic E-state index is 5.59. The first-order valence-corrected chi connectivity index (χ1v) is 9.75. The van der Waals surface area contributed by atoms with Gasteiger partial charge in [-0.05, 0) is 38.8 Å². The minimum absolute atomic E-state index is 0. The molecule has 0 radical (unpaired) electrons. The van der Waals surface area contributed by atoms with E-state index in [0.29, 0.717) is 0 Å². The van der Waals surface area contributed by atoms with E-state index in [-0.39, 0.29) is 17.0 Å². The molecule has 0 unspecified atom stereocenters. The van der Waals surface area contributed by atoms with Crippen LogP contribution < -0.4 is 33.0 Å². The van der Waals surface area contributed by atoms with Crippen LogP contribution in [0.2, 0.25) is 0 Å². The molecule has 142 valence electrons. The highest BCUT2D eigenvalue weighted by atomic mass is 79.9. The Kier molecular flexibility index (Phi) is 15.8. The molecule has 0 aliphatic heterocycles. The predicted octanol–water partition coefficient (Wildman–Crippen LogP) is 0.297. The molecule has 4 nitrogen and oxygen atoms in total. The third-order valence-corrected chi connectivity index (χ3v) is 4.71. The van der Waals surface area contributed by atoms with Crippen LogP contribution in [0.15, 0.2) is 12.4 Å². The van der Waals surface area contributed by atoms with E-state index < -0.39 is 0 Å². The molecule has 0 saturated carbocycles. The highest BCUT2D eigenvalue weighted by Crippen LogP contribution is 2.10. The molecule has 0 aliphatic rings. The van der Waals surface area contributed by atoms with Gasteiger partial charge in [-0.15, -0.1) is 0 Å². The summed E-state index contributed by atoms with van der Waals surface area (Å²) in [5.74, 6) is 1.36. The molecule has 24 heavy (non-hydrogen) atoms. The number of nitrogens with zero attached hydrogens (tertiary/aromatic N) is 2. The Morgan fingerprint density at radius 3 is 1.83 bits per heavy atom. The van der Waals surface area contributed by atoms with E-state index in [2.05, 4.69) is 28.5 Å². The van der Waals surface area contributed by atoms with Crippen molar-refractivity contribution >= 4 is 0 Å². The van der Waals surface area contributed by atoms with Gasteiger partial charge in [-0.2, -0.15) is 0 Å². The molecule has 1 rings (SSSR count). The minimum Gasteiger partial charge on any atom is -1.00 e. The summed E-state index contributed by atoms with van der Waals surface area (Å²) in [6, 6.07) is 0. The van der Waals surface area contributed by atoms with Crippen molar-refractivity contribution < 1.29 is 21.5 Å². The summed E-state index contributed by atoms with van der Waals surface area (Å²) in [7, 11) is 0. The third kappa shape index (κ3) is 10.5. The first-order valence-electron chi connectivity index (χ1n) is 9.75. The van der Waals surface area contributed by atoms with Crippen molar-refractivity contribution in [1.29, 1.82) is 0 Å². The van der Waals surface area contributed by atoms with Crippen molar-refractivity contribution in [3.8, 4) is 0 Å². The fourth-order valence-corrected chi connectivity index (χ4v) is 3.12. The van der Waals surface area contributed by atoms with E-state index in [0.717, 1.165) is 32.6 Å². The lowest BCUT2D eigenvalue weighted by Gasteiger charge is -2.03. The maximum absolute atomic E-state index is 5.59. The quantitative estimate of drug-likeness (QED) is 0.327. The van der Waals surface area contributed by atoms with Crippen LogP contribution in [0.3, 0.4) is 0 Å². The molecular weight excluding hydrogens is 364 g/mol. The first-order chi connectivity index (χ1) is 11.3. The molecule has 0 fully saturated rings. The Morgan fingerprint density at radius 2 is 1.29 bits per heavy atom. The van der Waals surface area contributed by atoms with Crippen molar-refractivity contribution in [1.82, 2.24) is 4.57 Å². The fourth-order valence-electron chi connectivity index (χ4n) is 3.12. The van der Waals surface area contributed by atoms with Crippen LogP contribution in [0.1, 0.15) is 76.5 Å². The highest BCUT2D eigenvalue weighted by molar-refractivity contribution is 4.79. The number of rotatable bonds is 15. The normalized spacial score (nSPS) is 10.8. The second kappa shape index (κ2) is 16.1. The van der Waals surface area contributed by atoms with Crippen molar-refractivity contribution in [2.75, 3.05) is 13.1 Å². The van der Waals surface area contributed by atoms with E-state index in [9.17, 15) is 0 Å². The summed E-state index contributed by atoms with van der Waals surface area (Å²) in [4.78, 5) is 0. The van der Waals surface area contributed by atoms with Gasteiger partial charge in [0.25, 0.3) is 5.82 Å². The zero-order valence-corrected chi connectivity index (χ0v) is 17.3. The van der Waals surface area contributed by atoms with Crippen molar-refractivity contribution in [2.45, 2.75) is 90.6 Å². The van der Waals surface area contributed by atoms with E-state index in [1.807, 2.05) is 0 Å². The van der Waals surface area contributed by atoms with Gasteiger partial charge in [-0.3, -0.25) is 0 Å². The predicted molar refractivity (Wildman–Crippen MR) is 98.3 cm³/mol. The summed E-state index contributed by atoms with van der Waals surface area (Å²) in [5.41, 5.74) is 11.1. The van der Waals surface area contributed by atoms with E-state index in [1.54, 1.807) is 0 Å². The van der Waals surface area contributed by atoms with Gasteiger partial charge in [0.1, 0.15) is 12.4 Å². The lowest BCUT2D eigenvalue weighted by atomic mass is 10.1. The number of unbranched alkanes of at least 4 members (excludes halogenated alkanes) is 9. The van der Waals surface area contributed by atoms with E-state index in [1.165, 1.54) is 70.0 Å². The number of nitrogens with two attached hydrogens (primary N) is 2. The van der Waals surface area contributed by atoms with Crippen LogP contribution in [0.25, 0.3) is 0 Å². The van der Waals surface area contributed by atoms with Gasteiger partial charge >= 0.3 is 0 Å². The molecule has 0 aromatic carbocycles. The number of imidazole rings is 1. The zero-order chi connectivity index (χ0) is 16.8. The maximum Gasteiger partial charge on any atom is 0.253 e.